The number of hydrogen-bond donors (Lipinski definition) is 0. The van der Waals surface area contributed by atoms with Gasteiger partial charge in [0.15, 0.2) is 5.69 Å². The third kappa shape index (κ3) is 2.57. The van der Waals surface area contributed by atoms with Crippen LogP contribution in [0.3, 0.4) is 0 Å². The van der Waals surface area contributed by atoms with Gasteiger partial charge < -0.3 is 9.47 Å². The predicted molar refractivity (Wildman–Crippen MR) is 65.5 cm³/mol. The molecule has 0 aromatic carbocycles. The van der Waals surface area contributed by atoms with Crippen LogP contribution in [0.1, 0.15) is 21.1 Å². The molecule has 0 fully saturated rings. The van der Waals surface area contributed by atoms with Crippen molar-refractivity contribution in [1.82, 2.24) is 15.0 Å². The minimum absolute atomic E-state index is 0.205. The molecule has 0 bridgehead atoms. The first-order chi connectivity index (χ1) is 8.76. The Morgan fingerprint density at radius 3 is 2.94 bits per heavy atom. The molecule has 7 heteroatoms. The smallest absolute Gasteiger partial charge is 0.360 e. The van der Waals surface area contributed by atoms with Crippen molar-refractivity contribution in [2.75, 3.05) is 14.2 Å². The molecule has 0 aliphatic carbocycles. The molecule has 0 saturated heterocycles. The Kier molecular flexibility index (Phi) is 4.06. The first-order valence-corrected chi connectivity index (χ1v) is 6.16. The minimum Gasteiger partial charge on any atom is -0.464 e. The molecular weight excluding hydrogens is 254 g/mol. The van der Waals surface area contributed by atoms with E-state index in [0.29, 0.717) is 12.2 Å². The lowest BCUT2D eigenvalue weighted by Crippen LogP contribution is -2.10. The van der Waals surface area contributed by atoms with Crippen LogP contribution in [0.5, 0.6) is 0 Å². The highest BCUT2D eigenvalue weighted by molar-refractivity contribution is 7.09. The van der Waals surface area contributed by atoms with Gasteiger partial charge in [-0.1, -0.05) is 11.3 Å². The Hall–Kier alpha value is -1.73. The summed E-state index contributed by atoms with van der Waals surface area (Å²) in [5, 5.41) is 9.81. The van der Waals surface area contributed by atoms with Crippen LogP contribution in [0.4, 0.5) is 0 Å². The normalized spacial score (nSPS) is 10.6. The lowest BCUT2D eigenvalue weighted by atomic mass is 10.3. The van der Waals surface area contributed by atoms with Gasteiger partial charge in [0.25, 0.3) is 0 Å². The Labute approximate surface area is 108 Å². The summed E-state index contributed by atoms with van der Waals surface area (Å²) in [4.78, 5) is 12.7. The molecule has 2 rings (SSSR count). The van der Waals surface area contributed by atoms with Crippen LogP contribution in [-0.2, 0) is 22.6 Å². The molecule has 0 unspecified atom stereocenters. The maximum Gasteiger partial charge on any atom is 0.360 e. The van der Waals surface area contributed by atoms with E-state index in [0.717, 1.165) is 4.88 Å². The second-order valence-electron chi connectivity index (χ2n) is 3.55. The number of rotatable bonds is 5. The summed E-state index contributed by atoms with van der Waals surface area (Å²) in [6, 6.07) is 3.97. The molecule has 2 aromatic heterocycles. The van der Waals surface area contributed by atoms with Gasteiger partial charge in [0.2, 0.25) is 0 Å². The molecule has 2 aromatic rings. The molecule has 6 nitrogen and oxygen atoms in total. The molecule has 0 N–H and O–H groups in total. The van der Waals surface area contributed by atoms with Crippen molar-refractivity contribution in [3.63, 3.8) is 0 Å². The number of aromatic nitrogens is 3. The molecule has 0 atom stereocenters. The summed E-state index contributed by atoms with van der Waals surface area (Å²) in [6.07, 6.45) is 0. The summed E-state index contributed by atoms with van der Waals surface area (Å²) in [5.41, 5.74) is 0.827. The Balaban J connectivity index is 2.29. The van der Waals surface area contributed by atoms with E-state index in [4.69, 9.17) is 4.74 Å². The van der Waals surface area contributed by atoms with Crippen molar-refractivity contribution in [2.45, 2.75) is 13.2 Å². The number of hydrogen-bond acceptors (Lipinski definition) is 6. The fourth-order valence-corrected chi connectivity index (χ4v) is 2.23. The lowest BCUT2D eigenvalue weighted by Gasteiger charge is -2.05. The van der Waals surface area contributed by atoms with Crippen molar-refractivity contribution in [2.24, 2.45) is 0 Å². The zero-order valence-electron chi connectivity index (χ0n) is 10.1. The van der Waals surface area contributed by atoms with Crippen LogP contribution in [0, 0.1) is 0 Å². The summed E-state index contributed by atoms with van der Waals surface area (Å²) in [6.45, 7) is 0.836. The van der Waals surface area contributed by atoms with Gasteiger partial charge in [-0.2, -0.15) is 0 Å². The molecule has 0 saturated carbocycles. The number of esters is 1. The summed E-state index contributed by atoms with van der Waals surface area (Å²) < 4.78 is 11.4. The topological polar surface area (TPSA) is 66.2 Å². The molecule has 18 heavy (non-hydrogen) atoms. The molecule has 2 heterocycles. The van der Waals surface area contributed by atoms with Crippen LogP contribution in [0.2, 0.25) is 0 Å². The second kappa shape index (κ2) is 5.74. The summed E-state index contributed by atoms with van der Waals surface area (Å²) in [7, 11) is 2.88. The van der Waals surface area contributed by atoms with Crippen LogP contribution in [0.25, 0.3) is 0 Å². The molecule has 0 spiro atoms. The minimum atomic E-state index is -0.500. The SMILES string of the molecule is COCc1c(C(=O)OC)nnn1Cc1cccs1. The average Bonchev–Trinajstić information content (AvgIpc) is 3.01. The monoisotopic (exact) mass is 267 g/mol. The van der Waals surface area contributed by atoms with Crippen LogP contribution in [-0.4, -0.2) is 35.2 Å². The number of ether oxygens (including phenoxy) is 2. The average molecular weight is 267 g/mol. The van der Waals surface area contributed by atoms with Crippen molar-refractivity contribution in [3.05, 3.63) is 33.8 Å². The maximum atomic E-state index is 11.5. The fourth-order valence-electron chi connectivity index (χ4n) is 1.54. The second-order valence-corrected chi connectivity index (χ2v) is 4.58. The van der Waals surface area contributed by atoms with E-state index in [2.05, 4.69) is 15.0 Å². The third-order valence-corrected chi connectivity index (χ3v) is 3.24. The Morgan fingerprint density at radius 1 is 1.50 bits per heavy atom. The number of thiophene rings is 1. The van der Waals surface area contributed by atoms with Crippen LogP contribution < -0.4 is 0 Å². The Bertz CT molecular complexity index is 522. The molecule has 0 aliphatic heterocycles. The van der Waals surface area contributed by atoms with E-state index in [1.165, 1.54) is 7.11 Å². The van der Waals surface area contributed by atoms with E-state index in [9.17, 15) is 4.79 Å². The largest absolute Gasteiger partial charge is 0.464 e. The first-order valence-electron chi connectivity index (χ1n) is 5.28. The van der Waals surface area contributed by atoms with Gasteiger partial charge in [-0.05, 0) is 11.4 Å². The van der Waals surface area contributed by atoms with Crippen molar-refractivity contribution >= 4 is 17.3 Å². The Morgan fingerprint density at radius 2 is 2.33 bits per heavy atom. The van der Waals surface area contributed by atoms with Gasteiger partial charge >= 0.3 is 5.97 Å². The van der Waals surface area contributed by atoms with Gasteiger partial charge in [-0.25, -0.2) is 9.48 Å². The number of nitrogens with zero attached hydrogens (tertiary/aromatic N) is 3. The van der Waals surface area contributed by atoms with Crippen molar-refractivity contribution in [1.29, 1.82) is 0 Å². The van der Waals surface area contributed by atoms with Crippen LogP contribution >= 0.6 is 11.3 Å². The van der Waals surface area contributed by atoms with E-state index >= 15 is 0 Å². The lowest BCUT2D eigenvalue weighted by molar-refractivity contribution is 0.0588. The quantitative estimate of drug-likeness (QED) is 0.764. The number of methoxy groups -OCH3 is 2. The van der Waals surface area contributed by atoms with Crippen LogP contribution in [0.15, 0.2) is 17.5 Å². The number of carbonyl (C=O) groups excluding carboxylic acids is 1. The molecular formula is C11H13N3O3S. The van der Waals surface area contributed by atoms with Crippen molar-refractivity contribution in [3.8, 4) is 0 Å². The first kappa shape index (κ1) is 12.7. The van der Waals surface area contributed by atoms with Crippen molar-refractivity contribution < 1.29 is 14.3 Å². The van der Waals surface area contributed by atoms with E-state index in [1.54, 1.807) is 23.1 Å². The highest BCUT2D eigenvalue weighted by Gasteiger charge is 2.20. The fraction of sp³-hybridized carbons (Fsp3) is 0.364. The van der Waals surface area contributed by atoms with E-state index in [1.807, 2.05) is 17.5 Å². The predicted octanol–water partition coefficient (Wildman–Crippen LogP) is 1.32. The maximum absolute atomic E-state index is 11.5. The van der Waals surface area contributed by atoms with Gasteiger partial charge in [-0.15, -0.1) is 16.4 Å². The number of carbonyl (C=O) groups is 1. The molecule has 0 amide bonds. The van der Waals surface area contributed by atoms with E-state index in [-0.39, 0.29) is 12.3 Å². The van der Waals surface area contributed by atoms with Gasteiger partial charge in [0.05, 0.1) is 26.0 Å². The molecule has 0 aliphatic rings. The zero-order chi connectivity index (χ0) is 13.0. The van der Waals surface area contributed by atoms with Gasteiger partial charge in [0.1, 0.15) is 0 Å². The van der Waals surface area contributed by atoms with Gasteiger partial charge in [0, 0.05) is 12.0 Å². The summed E-state index contributed by atoms with van der Waals surface area (Å²) >= 11 is 1.62. The van der Waals surface area contributed by atoms with E-state index < -0.39 is 5.97 Å². The molecule has 0 radical (unpaired) electrons. The molecule has 96 valence electrons. The highest BCUT2D eigenvalue weighted by atomic mass is 32.1. The van der Waals surface area contributed by atoms with Gasteiger partial charge in [-0.3, -0.25) is 0 Å². The zero-order valence-corrected chi connectivity index (χ0v) is 10.9. The summed E-state index contributed by atoms with van der Waals surface area (Å²) in [5.74, 6) is -0.500. The standard InChI is InChI=1S/C11H13N3O3S/c1-16-7-9-10(11(15)17-2)12-13-14(9)6-8-4-3-5-18-8/h3-5H,6-7H2,1-2H3. The highest BCUT2D eigenvalue weighted by Crippen LogP contribution is 2.14. The third-order valence-electron chi connectivity index (χ3n) is 2.38.